The van der Waals surface area contributed by atoms with Gasteiger partial charge in [-0.1, -0.05) is 13.3 Å². The molecule has 3 heteroatoms. The van der Waals surface area contributed by atoms with E-state index in [0.29, 0.717) is 5.91 Å². The molecule has 0 saturated carbocycles. The van der Waals surface area contributed by atoms with Crippen LogP contribution in [0.1, 0.15) is 51.9 Å². The maximum Gasteiger partial charge on any atom is 0.222 e. The van der Waals surface area contributed by atoms with Crippen molar-refractivity contribution in [2.75, 3.05) is 26.2 Å². The molecule has 1 N–H and O–H groups in total. The lowest BCUT2D eigenvalue weighted by molar-refractivity contribution is -0.131. The van der Waals surface area contributed by atoms with E-state index in [1.54, 1.807) is 0 Å². The van der Waals surface area contributed by atoms with E-state index in [4.69, 9.17) is 0 Å². The van der Waals surface area contributed by atoms with Crippen LogP contribution in [0.2, 0.25) is 0 Å². The summed E-state index contributed by atoms with van der Waals surface area (Å²) in [6.45, 7) is 6.53. The highest BCUT2D eigenvalue weighted by atomic mass is 16.2. The van der Waals surface area contributed by atoms with Crippen LogP contribution in [-0.2, 0) is 4.79 Å². The maximum absolute atomic E-state index is 12.2. The summed E-state index contributed by atoms with van der Waals surface area (Å²) in [7, 11) is 0. The molecule has 2 aliphatic heterocycles. The minimum atomic E-state index is 0.402. The first-order chi connectivity index (χ1) is 8.79. The van der Waals surface area contributed by atoms with Crippen molar-refractivity contribution in [3.8, 4) is 0 Å². The second-order valence-corrected chi connectivity index (χ2v) is 5.98. The Hall–Kier alpha value is -0.570. The van der Waals surface area contributed by atoms with Gasteiger partial charge in [-0.25, -0.2) is 0 Å². The van der Waals surface area contributed by atoms with Crippen LogP contribution in [0.25, 0.3) is 0 Å². The molecule has 2 unspecified atom stereocenters. The fourth-order valence-corrected chi connectivity index (χ4v) is 3.27. The van der Waals surface area contributed by atoms with Crippen molar-refractivity contribution in [1.29, 1.82) is 0 Å². The molecule has 18 heavy (non-hydrogen) atoms. The van der Waals surface area contributed by atoms with Crippen LogP contribution in [0.15, 0.2) is 0 Å². The summed E-state index contributed by atoms with van der Waals surface area (Å²) in [5, 5.41) is 3.37. The zero-order chi connectivity index (χ0) is 12.8. The Labute approximate surface area is 111 Å². The van der Waals surface area contributed by atoms with Gasteiger partial charge in [0.2, 0.25) is 5.91 Å². The number of rotatable bonds is 4. The van der Waals surface area contributed by atoms with Crippen LogP contribution >= 0.6 is 0 Å². The maximum atomic E-state index is 12.2. The molecule has 2 rings (SSSR count). The fraction of sp³-hybridized carbons (Fsp3) is 0.933. The predicted octanol–water partition coefficient (Wildman–Crippen LogP) is 2.41. The van der Waals surface area contributed by atoms with E-state index in [1.165, 1.54) is 32.1 Å². The molecule has 2 atom stereocenters. The van der Waals surface area contributed by atoms with Gasteiger partial charge in [0.1, 0.15) is 0 Å². The molecule has 2 heterocycles. The second kappa shape index (κ2) is 7.13. The van der Waals surface area contributed by atoms with Gasteiger partial charge < -0.3 is 10.2 Å². The lowest BCUT2D eigenvalue weighted by atomic mass is 9.98. The standard InChI is InChI=1S/C15H28N2O/c1-2-13-4-3-10-17(11-8-13)15(18)6-5-14-7-9-16-12-14/h13-14,16H,2-12H2,1H3. The molecule has 0 bridgehead atoms. The predicted molar refractivity (Wildman–Crippen MR) is 74.4 cm³/mol. The van der Waals surface area contributed by atoms with Crippen LogP contribution in [0.3, 0.4) is 0 Å². The average Bonchev–Trinajstić information content (AvgIpc) is 2.79. The third kappa shape index (κ3) is 3.98. The fourth-order valence-electron chi connectivity index (χ4n) is 3.27. The van der Waals surface area contributed by atoms with Gasteiger partial charge >= 0.3 is 0 Å². The zero-order valence-electron chi connectivity index (χ0n) is 11.8. The normalized spacial score (nSPS) is 29.3. The summed E-state index contributed by atoms with van der Waals surface area (Å²) in [5.74, 6) is 1.99. The van der Waals surface area contributed by atoms with E-state index in [2.05, 4.69) is 17.1 Å². The number of hydrogen-bond acceptors (Lipinski definition) is 2. The Kier molecular flexibility index (Phi) is 5.48. The van der Waals surface area contributed by atoms with E-state index in [9.17, 15) is 4.79 Å². The van der Waals surface area contributed by atoms with Gasteiger partial charge in [-0.2, -0.15) is 0 Å². The van der Waals surface area contributed by atoms with E-state index < -0.39 is 0 Å². The van der Waals surface area contributed by atoms with Crippen molar-refractivity contribution in [3.05, 3.63) is 0 Å². The van der Waals surface area contributed by atoms with Gasteiger partial charge in [0.25, 0.3) is 0 Å². The molecule has 1 amide bonds. The first kappa shape index (κ1) is 13.9. The number of carbonyl (C=O) groups is 1. The van der Waals surface area contributed by atoms with Crippen LogP contribution in [0.4, 0.5) is 0 Å². The molecule has 0 radical (unpaired) electrons. The van der Waals surface area contributed by atoms with Crippen molar-refractivity contribution in [3.63, 3.8) is 0 Å². The third-order valence-electron chi connectivity index (χ3n) is 4.71. The molecule has 0 aliphatic carbocycles. The summed E-state index contributed by atoms with van der Waals surface area (Å²) in [6, 6.07) is 0. The van der Waals surface area contributed by atoms with Gasteiger partial charge in [-0.05, 0) is 57.0 Å². The van der Waals surface area contributed by atoms with Gasteiger partial charge in [0, 0.05) is 19.5 Å². The van der Waals surface area contributed by atoms with Crippen molar-refractivity contribution in [2.45, 2.75) is 51.9 Å². The van der Waals surface area contributed by atoms with Crippen molar-refractivity contribution >= 4 is 5.91 Å². The number of likely N-dealkylation sites (tertiary alicyclic amines) is 1. The molecule has 104 valence electrons. The van der Waals surface area contributed by atoms with Crippen molar-refractivity contribution < 1.29 is 4.79 Å². The summed E-state index contributed by atoms with van der Waals surface area (Å²) >= 11 is 0. The van der Waals surface area contributed by atoms with E-state index in [1.807, 2.05) is 0 Å². The highest BCUT2D eigenvalue weighted by Crippen LogP contribution is 2.21. The quantitative estimate of drug-likeness (QED) is 0.833. The zero-order valence-corrected chi connectivity index (χ0v) is 11.8. The Bertz CT molecular complexity index is 261. The summed E-state index contributed by atoms with van der Waals surface area (Å²) < 4.78 is 0. The summed E-state index contributed by atoms with van der Waals surface area (Å²) in [4.78, 5) is 14.3. The highest BCUT2D eigenvalue weighted by Gasteiger charge is 2.21. The van der Waals surface area contributed by atoms with Gasteiger partial charge in [-0.3, -0.25) is 4.79 Å². The summed E-state index contributed by atoms with van der Waals surface area (Å²) in [5.41, 5.74) is 0. The minimum absolute atomic E-state index is 0.402. The number of carbonyl (C=O) groups excluding carboxylic acids is 1. The van der Waals surface area contributed by atoms with Crippen LogP contribution in [-0.4, -0.2) is 37.0 Å². The highest BCUT2D eigenvalue weighted by molar-refractivity contribution is 5.76. The Morgan fingerprint density at radius 3 is 2.83 bits per heavy atom. The average molecular weight is 252 g/mol. The van der Waals surface area contributed by atoms with Crippen LogP contribution in [0.5, 0.6) is 0 Å². The number of hydrogen-bond donors (Lipinski definition) is 1. The van der Waals surface area contributed by atoms with Crippen LogP contribution in [0, 0.1) is 11.8 Å². The Morgan fingerprint density at radius 1 is 1.22 bits per heavy atom. The van der Waals surface area contributed by atoms with E-state index in [-0.39, 0.29) is 0 Å². The van der Waals surface area contributed by atoms with E-state index >= 15 is 0 Å². The largest absolute Gasteiger partial charge is 0.343 e. The van der Waals surface area contributed by atoms with Gasteiger partial charge in [0.05, 0.1) is 0 Å². The number of nitrogens with zero attached hydrogens (tertiary/aromatic N) is 1. The SMILES string of the molecule is CCC1CCCN(C(=O)CCC2CCNC2)CC1. The molecule has 2 fully saturated rings. The lowest BCUT2D eigenvalue weighted by Gasteiger charge is -2.21. The summed E-state index contributed by atoms with van der Waals surface area (Å²) in [6.07, 6.45) is 8.11. The van der Waals surface area contributed by atoms with Crippen molar-refractivity contribution in [1.82, 2.24) is 10.2 Å². The molecule has 3 nitrogen and oxygen atoms in total. The second-order valence-electron chi connectivity index (χ2n) is 5.98. The first-order valence-electron chi connectivity index (χ1n) is 7.78. The minimum Gasteiger partial charge on any atom is -0.343 e. The van der Waals surface area contributed by atoms with Gasteiger partial charge in [0.15, 0.2) is 0 Å². The smallest absolute Gasteiger partial charge is 0.222 e. The molecule has 2 saturated heterocycles. The lowest BCUT2D eigenvalue weighted by Crippen LogP contribution is -2.32. The van der Waals surface area contributed by atoms with Crippen molar-refractivity contribution in [2.24, 2.45) is 11.8 Å². The van der Waals surface area contributed by atoms with E-state index in [0.717, 1.165) is 50.9 Å². The topological polar surface area (TPSA) is 32.3 Å². The third-order valence-corrected chi connectivity index (χ3v) is 4.71. The van der Waals surface area contributed by atoms with Crippen LogP contribution < -0.4 is 5.32 Å². The molecule has 2 aliphatic rings. The molecular formula is C15H28N2O. The first-order valence-corrected chi connectivity index (χ1v) is 7.78. The Morgan fingerprint density at radius 2 is 2.11 bits per heavy atom. The van der Waals surface area contributed by atoms with Gasteiger partial charge in [-0.15, -0.1) is 0 Å². The molecule has 0 aromatic heterocycles. The molecule has 0 aromatic carbocycles. The monoisotopic (exact) mass is 252 g/mol. The Balaban J connectivity index is 1.70. The number of amides is 1. The number of nitrogens with one attached hydrogen (secondary N) is 1. The molecule has 0 aromatic rings. The molecule has 0 spiro atoms. The molecular weight excluding hydrogens is 224 g/mol.